The zero-order valence-electron chi connectivity index (χ0n) is 15.7. The summed E-state index contributed by atoms with van der Waals surface area (Å²) in [6.07, 6.45) is 1.80. The van der Waals surface area contributed by atoms with Gasteiger partial charge >= 0.3 is 0 Å². The highest BCUT2D eigenvalue weighted by Crippen LogP contribution is 2.30. The maximum Gasteiger partial charge on any atom is 0.224 e. The van der Waals surface area contributed by atoms with Gasteiger partial charge in [-0.15, -0.1) is 0 Å². The Hall–Kier alpha value is -2.56. The summed E-state index contributed by atoms with van der Waals surface area (Å²) in [4.78, 5) is 25.7. The zero-order chi connectivity index (χ0) is 18.7. The van der Waals surface area contributed by atoms with Crippen LogP contribution in [0.25, 0.3) is 11.3 Å². The van der Waals surface area contributed by atoms with Crippen molar-refractivity contribution in [3.05, 3.63) is 41.7 Å². The topological polar surface area (TPSA) is 62.6 Å². The average Bonchev–Trinajstić information content (AvgIpc) is 3.04. The van der Waals surface area contributed by atoms with Gasteiger partial charge in [-0.3, -0.25) is 9.59 Å². The largest absolute Gasteiger partial charge is 0.461 e. The van der Waals surface area contributed by atoms with Gasteiger partial charge in [0.05, 0.1) is 0 Å². The van der Waals surface area contributed by atoms with Gasteiger partial charge in [0, 0.05) is 49.2 Å². The molecule has 2 aromatic rings. The molecule has 1 aromatic carbocycles. The molecule has 138 valence electrons. The number of nitrogens with one attached hydrogen (secondary N) is 1. The summed E-state index contributed by atoms with van der Waals surface area (Å²) in [6.45, 7) is 7.29. The minimum atomic E-state index is -0.00244. The van der Waals surface area contributed by atoms with Gasteiger partial charge in [0.25, 0.3) is 0 Å². The van der Waals surface area contributed by atoms with E-state index in [4.69, 9.17) is 4.42 Å². The number of benzene rings is 1. The predicted molar refractivity (Wildman–Crippen MR) is 102 cm³/mol. The van der Waals surface area contributed by atoms with Crippen molar-refractivity contribution in [1.29, 1.82) is 0 Å². The molecule has 1 aliphatic rings. The Morgan fingerprint density at radius 2 is 1.96 bits per heavy atom. The Bertz CT molecular complexity index is 790. The number of hydrogen-bond donors (Lipinski definition) is 1. The van der Waals surface area contributed by atoms with Gasteiger partial charge < -0.3 is 14.6 Å². The number of furan rings is 1. The number of fused-ring (bicyclic) bond motifs is 1. The Labute approximate surface area is 154 Å². The van der Waals surface area contributed by atoms with Crippen molar-refractivity contribution < 1.29 is 14.0 Å². The minimum Gasteiger partial charge on any atom is -0.461 e. The maximum absolute atomic E-state index is 12.3. The van der Waals surface area contributed by atoms with Crippen molar-refractivity contribution in [3.63, 3.8) is 0 Å². The molecule has 1 aliphatic heterocycles. The molecule has 0 bridgehead atoms. The van der Waals surface area contributed by atoms with Gasteiger partial charge in [-0.1, -0.05) is 20.8 Å². The first-order valence-corrected chi connectivity index (χ1v) is 9.26. The molecule has 0 fully saturated rings. The number of carbonyl (C=O) groups excluding carboxylic acids is 2. The van der Waals surface area contributed by atoms with Crippen molar-refractivity contribution >= 4 is 17.5 Å². The van der Waals surface area contributed by atoms with Crippen LogP contribution in [0.1, 0.15) is 44.9 Å². The molecule has 1 aromatic heterocycles. The van der Waals surface area contributed by atoms with Crippen LogP contribution in [0.3, 0.4) is 0 Å². The first-order chi connectivity index (χ1) is 12.5. The molecule has 0 radical (unpaired) electrons. The lowest BCUT2D eigenvalue weighted by atomic mass is 10.0. The highest BCUT2D eigenvalue weighted by Gasteiger charge is 2.24. The summed E-state index contributed by atoms with van der Waals surface area (Å²) in [7, 11) is 0. The fourth-order valence-corrected chi connectivity index (χ4v) is 3.13. The second-order valence-electron chi connectivity index (χ2n) is 7.20. The number of hydrogen-bond acceptors (Lipinski definition) is 3. The zero-order valence-corrected chi connectivity index (χ0v) is 15.7. The fraction of sp³-hybridized carbons (Fsp3) is 0.429. The standard InChI is InChI=1S/C21H26N2O3/c1-4-20(24)22-17-7-5-15(6-8-17)19-12-16-13-23(10-9-18(16)26-19)21(25)11-14(2)3/h5-8,12,14H,4,9-11,13H2,1-3H3,(H,22,24). The maximum atomic E-state index is 12.3. The van der Waals surface area contributed by atoms with E-state index in [1.54, 1.807) is 0 Å². The lowest BCUT2D eigenvalue weighted by Gasteiger charge is -2.26. The molecule has 0 atom stereocenters. The van der Waals surface area contributed by atoms with Gasteiger partial charge in [0.2, 0.25) is 11.8 Å². The number of nitrogens with zero attached hydrogens (tertiary/aromatic N) is 1. The Morgan fingerprint density at radius 1 is 1.23 bits per heavy atom. The van der Waals surface area contributed by atoms with Gasteiger partial charge in [-0.2, -0.15) is 0 Å². The van der Waals surface area contributed by atoms with Gasteiger partial charge in [0.15, 0.2) is 0 Å². The van der Waals surface area contributed by atoms with Crippen LogP contribution in [0.4, 0.5) is 5.69 Å². The Balaban J connectivity index is 1.71. The molecule has 26 heavy (non-hydrogen) atoms. The van der Waals surface area contributed by atoms with Crippen LogP contribution in [0, 0.1) is 5.92 Å². The van der Waals surface area contributed by atoms with Crippen LogP contribution >= 0.6 is 0 Å². The fourth-order valence-electron chi connectivity index (χ4n) is 3.13. The Morgan fingerprint density at radius 3 is 2.62 bits per heavy atom. The molecule has 0 saturated heterocycles. The van der Waals surface area contributed by atoms with E-state index in [-0.39, 0.29) is 11.8 Å². The molecule has 2 heterocycles. The third kappa shape index (κ3) is 4.15. The highest BCUT2D eigenvalue weighted by atomic mass is 16.3. The van der Waals surface area contributed by atoms with Crippen LogP contribution in [0.2, 0.25) is 0 Å². The molecule has 5 nitrogen and oxygen atoms in total. The van der Waals surface area contributed by atoms with E-state index >= 15 is 0 Å². The summed E-state index contributed by atoms with van der Waals surface area (Å²) < 4.78 is 6.02. The molecule has 0 aliphatic carbocycles. The molecule has 0 unspecified atom stereocenters. The quantitative estimate of drug-likeness (QED) is 0.874. The van der Waals surface area contributed by atoms with E-state index in [9.17, 15) is 9.59 Å². The van der Waals surface area contributed by atoms with Crippen molar-refractivity contribution in [3.8, 4) is 11.3 Å². The number of amides is 2. The average molecular weight is 354 g/mol. The van der Waals surface area contributed by atoms with Crippen LogP contribution in [-0.4, -0.2) is 23.3 Å². The van der Waals surface area contributed by atoms with Crippen molar-refractivity contribution in [2.45, 2.75) is 46.6 Å². The van der Waals surface area contributed by atoms with E-state index in [2.05, 4.69) is 19.2 Å². The first kappa shape index (κ1) is 18.2. The summed E-state index contributed by atoms with van der Waals surface area (Å²) >= 11 is 0. The molecule has 1 N–H and O–H groups in total. The van der Waals surface area contributed by atoms with Crippen LogP contribution in [-0.2, 0) is 22.6 Å². The molecule has 2 amide bonds. The van der Waals surface area contributed by atoms with Crippen molar-refractivity contribution in [2.75, 3.05) is 11.9 Å². The van der Waals surface area contributed by atoms with E-state index in [1.807, 2.05) is 42.2 Å². The van der Waals surface area contributed by atoms with E-state index in [0.717, 1.165) is 34.8 Å². The number of anilines is 1. The Kier molecular flexibility index (Phi) is 5.45. The normalized spacial score (nSPS) is 13.6. The highest BCUT2D eigenvalue weighted by molar-refractivity contribution is 5.90. The number of carbonyl (C=O) groups is 2. The molecular weight excluding hydrogens is 328 g/mol. The first-order valence-electron chi connectivity index (χ1n) is 9.26. The van der Waals surface area contributed by atoms with Gasteiger partial charge in [-0.25, -0.2) is 0 Å². The molecule has 5 heteroatoms. The lowest BCUT2D eigenvalue weighted by molar-refractivity contribution is -0.133. The monoisotopic (exact) mass is 354 g/mol. The summed E-state index contributed by atoms with van der Waals surface area (Å²) in [5.74, 6) is 2.36. The number of rotatable bonds is 5. The van der Waals surface area contributed by atoms with Crippen molar-refractivity contribution in [1.82, 2.24) is 4.90 Å². The molecule has 0 spiro atoms. The molecule has 0 saturated carbocycles. The van der Waals surface area contributed by atoms with E-state index < -0.39 is 0 Å². The van der Waals surface area contributed by atoms with Gasteiger partial charge in [0.1, 0.15) is 11.5 Å². The lowest BCUT2D eigenvalue weighted by Crippen LogP contribution is -2.35. The minimum absolute atomic E-state index is 0.00244. The van der Waals surface area contributed by atoms with Crippen LogP contribution < -0.4 is 5.32 Å². The van der Waals surface area contributed by atoms with E-state index in [0.29, 0.717) is 31.8 Å². The second kappa shape index (κ2) is 7.77. The van der Waals surface area contributed by atoms with Crippen LogP contribution in [0.15, 0.2) is 34.7 Å². The summed E-state index contributed by atoms with van der Waals surface area (Å²) in [5.41, 5.74) is 2.84. The third-order valence-corrected chi connectivity index (χ3v) is 4.58. The van der Waals surface area contributed by atoms with Gasteiger partial charge in [-0.05, 0) is 36.2 Å². The predicted octanol–water partition coefficient (Wildman–Crippen LogP) is 4.23. The third-order valence-electron chi connectivity index (χ3n) is 4.58. The second-order valence-corrected chi connectivity index (χ2v) is 7.20. The van der Waals surface area contributed by atoms with Crippen molar-refractivity contribution in [2.24, 2.45) is 5.92 Å². The smallest absolute Gasteiger partial charge is 0.224 e. The molecule has 3 rings (SSSR count). The SMILES string of the molecule is CCC(=O)Nc1ccc(-c2cc3c(o2)CCN(C(=O)CC(C)C)C3)cc1. The summed E-state index contributed by atoms with van der Waals surface area (Å²) in [6, 6.07) is 9.67. The van der Waals surface area contributed by atoms with Crippen LogP contribution in [0.5, 0.6) is 0 Å². The van der Waals surface area contributed by atoms with E-state index in [1.165, 1.54) is 0 Å². The summed E-state index contributed by atoms with van der Waals surface area (Å²) in [5, 5.41) is 2.84. The molecular formula is C21H26N2O3.